The van der Waals surface area contributed by atoms with Gasteiger partial charge in [-0.2, -0.15) is 5.10 Å². The number of aliphatic hydroxyl groups is 1. The fourth-order valence-corrected chi connectivity index (χ4v) is 5.28. The van der Waals surface area contributed by atoms with Crippen molar-refractivity contribution in [1.82, 2.24) is 9.78 Å². The Bertz CT molecular complexity index is 1160. The van der Waals surface area contributed by atoms with Crippen LogP contribution >= 0.6 is 11.3 Å². The Kier molecular flexibility index (Phi) is 6.74. The molecule has 0 fully saturated rings. The first-order valence-electron chi connectivity index (χ1n) is 9.56. The second-order valence-electron chi connectivity index (χ2n) is 6.68. The van der Waals surface area contributed by atoms with E-state index in [0.29, 0.717) is 12.2 Å². The molecule has 0 radical (unpaired) electrons. The molecule has 160 valence electrons. The van der Waals surface area contributed by atoms with Crippen LogP contribution in [0.3, 0.4) is 0 Å². The fraction of sp³-hybridized carbons (Fsp3) is 0.333. The molecule has 0 bridgehead atoms. The fourth-order valence-electron chi connectivity index (χ4n) is 3.11. The van der Waals surface area contributed by atoms with Crippen LogP contribution in [0.2, 0.25) is 0 Å². The molecule has 0 aliphatic heterocycles. The maximum absolute atomic E-state index is 12.4. The molecule has 0 aliphatic rings. The van der Waals surface area contributed by atoms with Crippen LogP contribution in [0.25, 0.3) is 21.0 Å². The summed E-state index contributed by atoms with van der Waals surface area (Å²) in [5, 5.41) is 13.9. The van der Waals surface area contributed by atoms with Crippen LogP contribution < -0.4 is 0 Å². The van der Waals surface area contributed by atoms with Gasteiger partial charge in [-0.3, -0.25) is 9.48 Å². The van der Waals surface area contributed by atoms with Crippen molar-refractivity contribution in [3.63, 3.8) is 0 Å². The van der Waals surface area contributed by atoms with E-state index in [-0.39, 0.29) is 29.8 Å². The molecule has 0 aliphatic carbocycles. The van der Waals surface area contributed by atoms with E-state index in [1.54, 1.807) is 36.7 Å². The van der Waals surface area contributed by atoms with Crippen molar-refractivity contribution < 1.29 is 23.1 Å². The SMILES string of the molecule is CCOC(=O)Cn1nc(C)cc1-c1ccc(-c2ccc(CO)c(S(=O)(=O)CC)c2)s1. The van der Waals surface area contributed by atoms with Crippen molar-refractivity contribution >= 4 is 27.1 Å². The van der Waals surface area contributed by atoms with E-state index in [9.17, 15) is 18.3 Å². The zero-order valence-corrected chi connectivity index (χ0v) is 18.7. The van der Waals surface area contributed by atoms with Gasteiger partial charge < -0.3 is 9.84 Å². The highest BCUT2D eigenvalue weighted by molar-refractivity contribution is 7.91. The highest BCUT2D eigenvalue weighted by Crippen LogP contribution is 2.36. The first-order valence-corrected chi connectivity index (χ1v) is 12.0. The monoisotopic (exact) mass is 448 g/mol. The van der Waals surface area contributed by atoms with Gasteiger partial charge in [-0.25, -0.2) is 8.42 Å². The highest BCUT2D eigenvalue weighted by atomic mass is 32.2. The second-order valence-corrected chi connectivity index (χ2v) is 10.0. The molecule has 0 spiro atoms. The van der Waals surface area contributed by atoms with Gasteiger partial charge in [0, 0.05) is 4.88 Å². The average molecular weight is 449 g/mol. The Morgan fingerprint density at radius 2 is 1.90 bits per heavy atom. The number of benzene rings is 1. The summed E-state index contributed by atoms with van der Waals surface area (Å²) in [7, 11) is -3.46. The minimum atomic E-state index is -3.46. The van der Waals surface area contributed by atoms with Crippen LogP contribution in [0.15, 0.2) is 41.3 Å². The molecular weight excluding hydrogens is 424 g/mol. The molecule has 7 nitrogen and oxygen atoms in total. The van der Waals surface area contributed by atoms with Crippen LogP contribution in [0.5, 0.6) is 0 Å². The van der Waals surface area contributed by atoms with Crippen molar-refractivity contribution in [2.45, 2.75) is 38.8 Å². The van der Waals surface area contributed by atoms with Gasteiger partial charge in [-0.1, -0.05) is 19.1 Å². The zero-order chi connectivity index (χ0) is 21.9. The first-order chi connectivity index (χ1) is 14.3. The van der Waals surface area contributed by atoms with Gasteiger partial charge in [0.25, 0.3) is 0 Å². The van der Waals surface area contributed by atoms with Crippen molar-refractivity contribution in [3.05, 3.63) is 47.7 Å². The Labute approximate surface area is 179 Å². The Balaban J connectivity index is 1.98. The number of carbonyl (C=O) groups is 1. The maximum atomic E-state index is 12.4. The predicted octanol–water partition coefficient (Wildman–Crippen LogP) is 3.44. The molecule has 0 amide bonds. The van der Waals surface area contributed by atoms with Crippen molar-refractivity contribution in [2.75, 3.05) is 12.4 Å². The molecule has 3 aromatic rings. The molecular formula is C21H24N2O5S2. The molecule has 2 aromatic heterocycles. The summed E-state index contributed by atoms with van der Waals surface area (Å²) in [6.45, 7) is 5.19. The van der Waals surface area contributed by atoms with E-state index in [2.05, 4.69) is 5.10 Å². The first kappa shape index (κ1) is 22.2. The summed E-state index contributed by atoms with van der Waals surface area (Å²) >= 11 is 1.48. The number of aromatic nitrogens is 2. The minimum Gasteiger partial charge on any atom is -0.465 e. The molecule has 2 heterocycles. The quantitative estimate of drug-likeness (QED) is 0.530. The molecule has 30 heavy (non-hydrogen) atoms. The smallest absolute Gasteiger partial charge is 0.327 e. The summed E-state index contributed by atoms with van der Waals surface area (Å²) in [5.41, 5.74) is 2.72. The number of hydrogen-bond acceptors (Lipinski definition) is 7. The lowest BCUT2D eigenvalue weighted by molar-refractivity contribution is -0.144. The largest absolute Gasteiger partial charge is 0.465 e. The number of aryl methyl sites for hydroxylation is 1. The third kappa shape index (κ3) is 4.63. The Morgan fingerprint density at radius 3 is 2.57 bits per heavy atom. The van der Waals surface area contributed by atoms with Crippen molar-refractivity contribution in [2.24, 2.45) is 0 Å². The predicted molar refractivity (Wildman–Crippen MR) is 116 cm³/mol. The number of esters is 1. The van der Waals surface area contributed by atoms with Gasteiger partial charge >= 0.3 is 5.97 Å². The highest BCUT2D eigenvalue weighted by Gasteiger charge is 2.19. The van der Waals surface area contributed by atoms with Gasteiger partial charge in [0.1, 0.15) is 6.54 Å². The number of hydrogen-bond donors (Lipinski definition) is 1. The van der Waals surface area contributed by atoms with E-state index in [4.69, 9.17) is 4.74 Å². The van der Waals surface area contributed by atoms with E-state index in [0.717, 1.165) is 26.7 Å². The normalized spacial score (nSPS) is 11.6. The van der Waals surface area contributed by atoms with Crippen LogP contribution in [0.1, 0.15) is 25.1 Å². The lowest BCUT2D eigenvalue weighted by Crippen LogP contribution is -2.15. The van der Waals surface area contributed by atoms with E-state index >= 15 is 0 Å². The molecule has 1 N–H and O–H groups in total. The Hall–Kier alpha value is -2.49. The summed E-state index contributed by atoms with van der Waals surface area (Å²) in [4.78, 5) is 13.8. The topological polar surface area (TPSA) is 98.5 Å². The standard InChI is InChI=1S/C21H24N2O5S2/c1-4-28-21(25)12-23-17(10-14(3)22-23)19-9-8-18(29-19)15-6-7-16(13-24)20(11-15)30(26,27)5-2/h6-11,24H,4-5,12-13H2,1-3H3. The van der Waals surface area contributed by atoms with Gasteiger partial charge in [-0.05, 0) is 49.2 Å². The van der Waals surface area contributed by atoms with Crippen LogP contribution in [0.4, 0.5) is 0 Å². The van der Waals surface area contributed by atoms with Crippen LogP contribution in [-0.4, -0.2) is 41.6 Å². The number of ether oxygens (including phenoxy) is 1. The number of aliphatic hydroxyl groups excluding tert-OH is 1. The number of nitrogens with zero attached hydrogens (tertiary/aromatic N) is 2. The van der Waals surface area contributed by atoms with Crippen molar-refractivity contribution in [3.8, 4) is 21.0 Å². The Morgan fingerprint density at radius 1 is 1.17 bits per heavy atom. The third-order valence-corrected chi connectivity index (χ3v) is 7.55. The molecule has 0 saturated carbocycles. The molecule has 0 unspecified atom stereocenters. The zero-order valence-electron chi connectivity index (χ0n) is 17.1. The molecule has 0 saturated heterocycles. The number of sulfone groups is 1. The number of rotatable bonds is 8. The third-order valence-electron chi connectivity index (χ3n) is 4.58. The summed E-state index contributed by atoms with van der Waals surface area (Å²) in [5.74, 6) is -0.390. The average Bonchev–Trinajstić information content (AvgIpc) is 3.34. The minimum absolute atomic E-state index is 0.0222. The van der Waals surface area contributed by atoms with Crippen LogP contribution in [-0.2, 0) is 32.5 Å². The van der Waals surface area contributed by atoms with E-state index in [1.165, 1.54) is 11.3 Å². The summed E-state index contributed by atoms with van der Waals surface area (Å²) in [6, 6.07) is 10.8. The lowest BCUT2D eigenvalue weighted by Gasteiger charge is -2.09. The molecule has 1 aromatic carbocycles. The number of thiophene rings is 1. The van der Waals surface area contributed by atoms with Crippen LogP contribution in [0, 0.1) is 6.92 Å². The molecule has 0 atom stereocenters. The molecule has 3 rings (SSSR count). The van der Waals surface area contributed by atoms with E-state index < -0.39 is 9.84 Å². The van der Waals surface area contributed by atoms with Gasteiger partial charge in [0.2, 0.25) is 0 Å². The molecule has 9 heteroatoms. The van der Waals surface area contributed by atoms with Gasteiger partial charge in [0.15, 0.2) is 9.84 Å². The summed E-state index contributed by atoms with van der Waals surface area (Å²) < 4.78 is 31.5. The van der Waals surface area contributed by atoms with Crippen molar-refractivity contribution in [1.29, 1.82) is 0 Å². The second kappa shape index (κ2) is 9.11. The number of carbonyl (C=O) groups excluding carboxylic acids is 1. The van der Waals surface area contributed by atoms with Gasteiger partial charge in [-0.15, -0.1) is 11.3 Å². The van der Waals surface area contributed by atoms with E-state index in [1.807, 2.05) is 25.1 Å². The van der Waals surface area contributed by atoms with Gasteiger partial charge in [0.05, 0.1) is 40.1 Å². The maximum Gasteiger partial charge on any atom is 0.327 e. The summed E-state index contributed by atoms with van der Waals surface area (Å²) in [6.07, 6.45) is 0. The lowest BCUT2D eigenvalue weighted by atomic mass is 10.1.